The number of nitrogens with one attached hydrogen (secondary N) is 1. The van der Waals surface area contributed by atoms with Gasteiger partial charge in [-0.3, -0.25) is 4.90 Å². The van der Waals surface area contributed by atoms with Crippen LogP contribution in [0.5, 0.6) is 5.75 Å². The highest BCUT2D eigenvalue weighted by Crippen LogP contribution is 2.40. The minimum absolute atomic E-state index is 0.0497. The van der Waals surface area contributed by atoms with Gasteiger partial charge in [0.25, 0.3) is 0 Å². The molecule has 3 heterocycles. The Hall–Kier alpha value is -3.84. The molecule has 1 aliphatic heterocycles. The van der Waals surface area contributed by atoms with Crippen molar-refractivity contribution in [2.75, 3.05) is 44.6 Å². The maximum Gasteiger partial charge on any atom is 0.418 e. The molecule has 0 spiro atoms. The number of hydrogen-bond acceptors (Lipinski definition) is 7. The van der Waals surface area contributed by atoms with Gasteiger partial charge in [-0.2, -0.15) is 13.2 Å². The molecule has 44 heavy (non-hydrogen) atoms. The average Bonchev–Trinajstić information content (AvgIpc) is 3.31. The van der Waals surface area contributed by atoms with Crippen molar-refractivity contribution >= 4 is 22.7 Å². The largest absolute Gasteiger partial charge is 0.493 e. The van der Waals surface area contributed by atoms with Crippen LogP contribution in [0.1, 0.15) is 50.7 Å². The Morgan fingerprint density at radius 2 is 1.66 bits per heavy atom. The van der Waals surface area contributed by atoms with Crippen molar-refractivity contribution < 1.29 is 26.7 Å². The predicted molar refractivity (Wildman–Crippen MR) is 159 cm³/mol. The van der Waals surface area contributed by atoms with Crippen LogP contribution >= 0.6 is 0 Å². The Labute approximate surface area is 252 Å². The van der Waals surface area contributed by atoms with Crippen LogP contribution in [-0.2, 0) is 12.7 Å². The van der Waals surface area contributed by atoms with Crippen LogP contribution in [0.15, 0.2) is 30.5 Å². The lowest BCUT2D eigenvalue weighted by Crippen LogP contribution is -2.45. The number of piperazine rings is 1. The van der Waals surface area contributed by atoms with Gasteiger partial charge >= 0.3 is 6.18 Å². The summed E-state index contributed by atoms with van der Waals surface area (Å²) in [5, 5.41) is 2.62. The lowest BCUT2D eigenvalue weighted by Gasteiger charge is -2.34. The van der Waals surface area contributed by atoms with Gasteiger partial charge in [0.05, 0.1) is 29.6 Å². The molecular weight excluding hydrogens is 581 g/mol. The Bertz CT molecular complexity index is 1650. The molecule has 0 amide bonds. The molecule has 236 valence electrons. The number of aryl methyl sites for hydroxylation is 1. The summed E-state index contributed by atoms with van der Waals surface area (Å²) in [6, 6.07) is 5.00. The van der Waals surface area contributed by atoms with Crippen molar-refractivity contribution in [3.63, 3.8) is 0 Å². The maximum atomic E-state index is 15.1. The number of fused-ring (bicyclic) bond motifs is 1. The molecule has 1 N–H and O–H groups in total. The highest BCUT2D eigenvalue weighted by Gasteiger charge is 2.35. The summed E-state index contributed by atoms with van der Waals surface area (Å²) < 4.78 is 80.9. The summed E-state index contributed by atoms with van der Waals surface area (Å²) >= 11 is 0. The number of hydrogen-bond donors (Lipinski definition) is 1. The number of aromatic nitrogens is 4. The lowest BCUT2D eigenvalue weighted by molar-refractivity contribution is -0.137. The van der Waals surface area contributed by atoms with E-state index in [4.69, 9.17) is 4.74 Å². The van der Waals surface area contributed by atoms with Crippen LogP contribution in [-0.4, -0.2) is 68.6 Å². The average molecular weight is 618 g/mol. The van der Waals surface area contributed by atoms with E-state index in [1.165, 1.54) is 6.07 Å². The molecule has 0 bridgehead atoms. The molecule has 1 saturated heterocycles. The van der Waals surface area contributed by atoms with Gasteiger partial charge in [-0.15, -0.1) is 0 Å². The molecule has 0 saturated carbocycles. The SMILES string of the molecule is CCOc1cc(Nc2ncc(F)c(-c3cc(F)c4nc(C)n(C(C)C)c4c3)n2)c(C(F)(F)F)cc1CN1CCN(CC)CC1. The van der Waals surface area contributed by atoms with Crippen molar-refractivity contribution in [2.45, 2.75) is 53.4 Å². The number of nitrogens with zero attached hydrogens (tertiary/aromatic N) is 6. The zero-order valence-electron chi connectivity index (χ0n) is 25.4. The number of likely N-dealkylation sites (N-methyl/N-ethyl adjacent to an activating group) is 1. The Kier molecular flexibility index (Phi) is 9.07. The van der Waals surface area contributed by atoms with Crippen LogP contribution in [0.2, 0.25) is 0 Å². The van der Waals surface area contributed by atoms with E-state index in [0.717, 1.165) is 51.1 Å². The number of benzene rings is 2. The molecule has 0 atom stereocenters. The fraction of sp³-hybridized carbons (Fsp3) is 0.452. The molecule has 1 aliphatic rings. The van der Waals surface area contributed by atoms with Crippen molar-refractivity contribution in [1.82, 2.24) is 29.3 Å². The summed E-state index contributed by atoms with van der Waals surface area (Å²) in [5.41, 5.74) is -0.431. The number of alkyl halides is 3. The highest BCUT2D eigenvalue weighted by atomic mass is 19.4. The van der Waals surface area contributed by atoms with Gasteiger partial charge in [0.2, 0.25) is 5.95 Å². The van der Waals surface area contributed by atoms with Gasteiger partial charge in [-0.1, -0.05) is 6.92 Å². The molecule has 0 unspecified atom stereocenters. The summed E-state index contributed by atoms with van der Waals surface area (Å²) in [5.74, 6) is -0.918. The van der Waals surface area contributed by atoms with E-state index in [1.807, 2.05) is 18.4 Å². The normalized spacial score (nSPS) is 15.0. The summed E-state index contributed by atoms with van der Waals surface area (Å²) in [6.45, 7) is 14.0. The molecule has 1 fully saturated rings. The smallest absolute Gasteiger partial charge is 0.418 e. The second kappa shape index (κ2) is 12.6. The molecule has 0 radical (unpaired) electrons. The third kappa shape index (κ3) is 6.48. The van der Waals surface area contributed by atoms with E-state index in [1.54, 1.807) is 19.9 Å². The topological polar surface area (TPSA) is 71.3 Å². The first-order chi connectivity index (χ1) is 20.9. The summed E-state index contributed by atoms with van der Waals surface area (Å²) in [7, 11) is 0. The van der Waals surface area contributed by atoms with E-state index in [0.29, 0.717) is 29.2 Å². The zero-order chi connectivity index (χ0) is 31.8. The first-order valence-electron chi connectivity index (χ1n) is 14.7. The van der Waals surface area contributed by atoms with Crippen molar-refractivity contribution in [1.29, 1.82) is 0 Å². The Morgan fingerprint density at radius 1 is 0.955 bits per heavy atom. The fourth-order valence-electron chi connectivity index (χ4n) is 5.69. The molecule has 2 aromatic heterocycles. The molecule has 0 aliphatic carbocycles. The maximum absolute atomic E-state index is 15.1. The first-order valence-corrected chi connectivity index (χ1v) is 14.7. The molecular formula is C31H36F5N7O. The van der Waals surface area contributed by atoms with E-state index in [-0.39, 0.29) is 41.1 Å². The van der Waals surface area contributed by atoms with Crippen LogP contribution < -0.4 is 10.1 Å². The van der Waals surface area contributed by atoms with Crippen LogP contribution in [0.25, 0.3) is 22.3 Å². The summed E-state index contributed by atoms with van der Waals surface area (Å²) in [4.78, 5) is 16.8. The van der Waals surface area contributed by atoms with Gasteiger partial charge < -0.3 is 19.5 Å². The summed E-state index contributed by atoms with van der Waals surface area (Å²) in [6.07, 6.45) is -3.87. The lowest BCUT2D eigenvalue weighted by atomic mass is 10.1. The number of rotatable bonds is 9. The van der Waals surface area contributed by atoms with E-state index < -0.39 is 23.4 Å². The van der Waals surface area contributed by atoms with Gasteiger partial charge in [0.1, 0.15) is 22.8 Å². The van der Waals surface area contributed by atoms with E-state index >= 15 is 8.78 Å². The minimum atomic E-state index is -4.72. The predicted octanol–water partition coefficient (Wildman–Crippen LogP) is 6.96. The molecule has 8 nitrogen and oxygen atoms in total. The number of halogens is 5. The van der Waals surface area contributed by atoms with Gasteiger partial charge in [-0.05, 0) is 52.4 Å². The van der Waals surface area contributed by atoms with Crippen molar-refractivity contribution in [2.24, 2.45) is 0 Å². The van der Waals surface area contributed by atoms with Crippen LogP contribution in [0, 0.1) is 18.6 Å². The Morgan fingerprint density at radius 3 is 2.30 bits per heavy atom. The Balaban J connectivity index is 1.52. The van der Waals surface area contributed by atoms with Crippen LogP contribution in [0.3, 0.4) is 0 Å². The number of imidazole rings is 1. The van der Waals surface area contributed by atoms with Gasteiger partial charge in [0, 0.05) is 56.0 Å². The van der Waals surface area contributed by atoms with Gasteiger partial charge in [0.15, 0.2) is 11.6 Å². The third-order valence-electron chi connectivity index (χ3n) is 7.82. The zero-order valence-corrected chi connectivity index (χ0v) is 25.4. The van der Waals surface area contributed by atoms with E-state index in [9.17, 15) is 13.2 Å². The molecule has 13 heteroatoms. The number of anilines is 2. The van der Waals surface area contributed by atoms with E-state index in [2.05, 4.69) is 37.0 Å². The molecule has 2 aromatic carbocycles. The second-order valence-corrected chi connectivity index (χ2v) is 11.1. The van der Waals surface area contributed by atoms with Gasteiger partial charge in [-0.25, -0.2) is 23.7 Å². The fourth-order valence-corrected chi connectivity index (χ4v) is 5.69. The standard InChI is InChI=1S/C31H36F5N7O/c1-6-41-8-10-42(11-9-41)17-21-12-22(31(34,35)36)25(15-27(21)44-7-2)39-30-37-16-24(33)28(40-30)20-13-23(32)29-26(14-20)43(18(3)4)19(5)38-29/h12-16,18H,6-11,17H2,1-5H3,(H,37,39,40). The molecule has 5 rings (SSSR count). The van der Waals surface area contributed by atoms with Crippen LogP contribution in [0.4, 0.5) is 33.6 Å². The first kappa shape index (κ1) is 31.6. The molecule has 4 aromatic rings. The minimum Gasteiger partial charge on any atom is -0.493 e. The highest BCUT2D eigenvalue weighted by molar-refractivity contribution is 5.83. The third-order valence-corrected chi connectivity index (χ3v) is 7.82. The monoisotopic (exact) mass is 617 g/mol. The van der Waals surface area contributed by atoms with Crippen molar-refractivity contribution in [3.8, 4) is 17.0 Å². The van der Waals surface area contributed by atoms with Crippen molar-refractivity contribution in [3.05, 3.63) is 59.0 Å². The second-order valence-electron chi connectivity index (χ2n) is 11.1. The number of ether oxygens (including phenoxy) is 1. The quantitative estimate of drug-likeness (QED) is 0.204.